The summed E-state index contributed by atoms with van der Waals surface area (Å²) >= 11 is 6.32. The summed E-state index contributed by atoms with van der Waals surface area (Å²) in [5.41, 5.74) is 0.104. The highest BCUT2D eigenvalue weighted by Gasteiger charge is 2.04. The van der Waals surface area contributed by atoms with Crippen LogP contribution in [0.5, 0.6) is 0 Å². The smallest absolute Gasteiger partial charge is 0.296 e. The van der Waals surface area contributed by atoms with E-state index in [1.165, 1.54) is 22.9 Å². The van der Waals surface area contributed by atoms with Gasteiger partial charge in [0.15, 0.2) is 0 Å². The first-order valence-corrected chi connectivity index (χ1v) is 7.15. The van der Waals surface area contributed by atoms with Crippen molar-refractivity contribution < 1.29 is 4.39 Å². The van der Waals surface area contributed by atoms with Gasteiger partial charge in [0.05, 0.1) is 15.5 Å². The Morgan fingerprint density at radius 2 is 1.90 bits per heavy atom. The van der Waals surface area contributed by atoms with E-state index in [0.717, 1.165) is 5.56 Å². The minimum absolute atomic E-state index is 0.247. The summed E-state index contributed by atoms with van der Waals surface area (Å²) in [6, 6.07) is 5.81. The molecule has 0 fully saturated rings. The standard InChI is InChI=1S/C13H9Br2FN2O2/c14-11(15)5-9-7-18(13(20)17-12(9)19)6-8-1-3-10(16)4-2-8/h1-5,7H,6H2,(H,17,19,20). The molecule has 0 radical (unpaired) electrons. The molecule has 0 aliphatic carbocycles. The lowest BCUT2D eigenvalue weighted by Gasteiger charge is -2.06. The van der Waals surface area contributed by atoms with Crippen LogP contribution < -0.4 is 11.2 Å². The Morgan fingerprint density at radius 1 is 1.25 bits per heavy atom. The molecule has 0 aliphatic rings. The maximum absolute atomic E-state index is 12.8. The Hall–Kier alpha value is -1.47. The number of nitrogens with one attached hydrogen (secondary N) is 1. The third kappa shape index (κ3) is 3.77. The Balaban J connectivity index is 2.41. The van der Waals surface area contributed by atoms with Gasteiger partial charge >= 0.3 is 5.69 Å². The van der Waals surface area contributed by atoms with E-state index in [4.69, 9.17) is 0 Å². The van der Waals surface area contributed by atoms with Crippen molar-refractivity contribution in [3.05, 3.63) is 71.6 Å². The molecule has 104 valence electrons. The molecule has 0 unspecified atom stereocenters. The summed E-state index contributed by atoms with van der Waals surface area (Å²) in [6.07, 6.45) is 2.99. The van der Waals surface area contributed by atoms with E-state index < -0.39 is 11.2 Å². The number of nitrogens with zero attached hydrogens (tertiary/aromatic N) is 1. The van der Waals surface area contributed by atoms with E-state index in [2.05, 4.69) is 36.8 Å². The van der Waals surface area contributed by atoms with Gasteiger partial charge in [0, 0.05) is 6.20 Å². The highest BCUT2D eigenvalue weighted by Crippen LogP contribution is 2.15. The second kappa shape index (κ2) is 6.32. The van der Waals surface area contributed by atoms with Gasteiger partial charge in [-0.05, 0) is 55.6 Å². The maximum Gasteiger partial charge on any atom is 0.328 e. The van der Waals surface area contributed by atoms with Gasteiger partial charge < -0.3 is 0 Å². The average Bonchev–Trinajstić information content (AvgIpc) is 2.37. The van der Waals surface area contributed by atoms with E-state index in [1.807, 2.05) is 0 Å². The van der Waals surface area contributed by atoms with Crippen molar-refractivity contribution in [2.75, 3.05) is 0 Å². The normalized spacial score (nSPS) is 10.3. The van der Waals surface area contributed by atoms with Gasteiger partial charge in [-0.3, -0.25) is 14.3 Å². The minimum atomic E-state index is -0.512. The van der Waals surface area contributed by atoms with Gasteiger partial charge in [-0.25, -0.2) is 9.18 Å². The largest absolute Gasteiger partial charge is 0.328 e. The molecule has 0 atom stereocenters. The first-order chi connectivity index (χ1) is 9.45. The van der Waals surface area contributed by atoms with E-state index in [0.29, 0.717) is 8.96 Å². The zero-order chi connectivity index (χ0) is 14.7. The number of H-pyrrole nitrogens is 1. The number of aromatic amines is 1. The second-order valence-corrected chi connectivity index (χ2v) is 6.80. The summed E-state index contributed by atoms with van der Waals surface area (Å²) in [7, 11) is 0. The highest BCUT2D eigenvalue weighted by molar-refractivity contribution is 9.28. The van der Waals surface area contributed by atoms with Crippen LogP contribution in [-0.2, 0) is 6.54 Å². The third-order valence-electron chi connectivity index (χ3n) is 2.57. The molecule has 4 nitrogen and oxygen atoms in total. The topological polar surface area (TPSA) is 54.9 Å². The number of halogens is 3. The first-order valence-electron chi connectivity index (χ1n) is 5.56. The molecular weight excluding hydrogens is 395 g/mol. The fourth-order valence-electron chi connectivity index (χ4n) is 1.65. The number of hydrogen-bond donors (Lipinski definition) is 1. The van der Waals surface area contributed by atoms with Gasteiger partial charge in [0.25, 0.3) is 5.56 Å². The molecule has 0 amide bonds. The molecule has 1 aromatic heterocycles. The molecule has 2 rings (SSSR count). The number of aromatic nitrogens is 2. The Labute approximate surface area is 130 Å². The number of hydrogen-bond acceptors (Lipinski definition) is 2. The summed E-state index contributed by atoms with van der Waals surface area (Å²) in [4.78, 5) is 25.6. The van der Waals surface area contributed by atoms with Crippen LogP contribution in [0.1, 0.15) is 11.1 Å². The van der Waals surface area contributed by atoms with Crippen LogP contribution in [0.4, 0.5) is 4.39 Å². The Kier molecular flexibility index (Phi) is 4.72. The van der Waals surface area contributed by atoms with Gasteiger partial charge in [-0.15, -0.1) is 0 Å². The van der Waals surface area contributed by atoms with Crippen LogP contribution in [0.2, 0.25) is 0 Å². The van der Waals surface area contributed by atoms with E-state index in [9.17, 15) is 14.0 Å². The number of rotatable bonds is 3. The van der Waals surface area contributed by atoms with Crippen LogP contribution in [0.3, 0.4) is 0 Å². The summed E-state index contributed by atoms with van der Waals surface area (Å²) < 4.78 is 14.8. The third-order valence-corrected chi connectivity index (χ3v) is 3.03. The average molecular weight is 404 g/mol. The Bertz CT molecular complexity index is 759. The van der Waals surface area contributed by atoms with Gasteiger partial charge in [-0.2, -0.15) is 0 Å². The van der Waals surface area contributed by atoms with Crippen molar-refractivity contribution >= 4 is 37.9 Å². The molecule has 2 aromatic rings. The molecule has 0 saturated carbocycles. The van der Waals surface area contributed by atoms with Gasteiger partial charge in [0.1, 0.15) is 5.82 Å². The molecule has 7 heteroatoms. The minimum Gasteiger partial charge on any atom is -0.296 e. The monoisotopic (exact) mass is 402 g/mol. The quantitative estimate of drug-likeness (QED) is 0.856. The molecule has 1 N–H and O–H groups in total. The summed E-state index contributed by atoms with van der Waals surface area (Å²) in [5.74, 6) is -0.339. The molecule has 0 bridgehead atoms. The molecule has 1 heterocycles. The molecule has 0 aliphatic heterocycles. The molecular formula is C13H9Br2FN2O2. The zero-order valence-electron chi connectivity index (χ0n) is 10.1. The lowest BCUT2D eigenvalue weighted by atomic mass is 10.2. The van der Waals surface area contributed by atoms with Crippen molar-refractivity contribution in [3.63, 3.8) is 0 Å². The van der Waals surface area contributed by atoms with E-state index in [1.54, 1.807) is 18.2 Å². The van der Waals surface area contributed by atoms with Crippen molar-refractivity contribution in [3.8, 4) is 0 Å². The predicted octanol–water partition coefficient (Wildman–Crippen LogP) is 2.81. The van der Waals surface area contributed by atoms with Crippen LogP contribution in [0.15, 0.2) is 43.4 Å². The molecule has 0 spiro atoms. The molecule has 20 heavy (non-hydrogen) atoms. The fourth-order valence-corrected chi connectivity index (χ4v) is 2.14. The fraction of sp³-hybridized carbons (Fsp3) is 0.0769. The van der Waals surface area contributed by atoms with Crippen LogP contribution in [0, 0.1) is 5.82 Å². The summed E-state index contributed by atoms with van der Waals surface area (Å²) in [6.45, 7) is 0.247. The van der Waals surface area contributed by atoms with Crippen LogP contribution in [0.25, 0.3) is 6.08 Å². The van der Waals surface area contributed by atoms with Crippen molar-refractivity contribution in [1.29, 1.82) is 0 Å². The van der Waals surface area contributed by atoms with Gasteiger partial charge in [-0.1, -0.05) is 12.1 Å². The van der Waals surface area contributed by atoms with Crippen molar-refractivity contribution in [1.82, 2.24) is 9.55 Å². The highest BCUT2D eigenvalue weighted by atomic mass is 79.9. The lowest BCUT2D eigenvalue weighted by Crippen LogP contribution is -2.31. The first kappa shape index (κ1) is 14.9. The van der Waals surface area contributed by atoms with E-state index in [-0.39, 0.29) is 12.4 Å². The van der Waals surface area contributed by atoms with Crippen LogP contribution in [-0.4, -0.2) is 9.55 Å². The molecule has 1 aromatic carbocycles. The van der Waals surface area contributed by atoms with Crippen LogP contribution >= 0.6 is 31.9 Å². The zero-order valence-corrected chi connectivity index (χ0v) is 13.2. The second-order valence-electron chi connectivity index (χ2n) is 4.03. The van der Waals surface area contributed by atoms with Gasteiger partial charge in [0.2, 0.25) is 0 Å². The number of benzene rings is 1. The SMILES string of the molecule is O=c1[nH]c(=O)n(Cc2ccc(F)cc2)cc1C=C(Br)Br. The van der Waals surface area contributed by atoms with Crippen molar-refractivity contribution in [2.45, 2.75) is 6.54 Å². The summed E-state index contributed by atoms with van der Waals surface area (Å²) in [5, 5.41) is 0. The van der Waals surface area contributed by atoms with E-state index >= 15 is 0 Å². The lowest BCUT2D eigenvalue weighted by molar-refractivity contribution is 0.625. The maximum atomic E-state index is 12.8. The molecule has 0 saturated heterocycles. The van der Waals surface area contributed by atoms with Crippen molar-refractivity contribution in [2.24, 2.45) is 0 Å². The Morgan fingerprint density at radius 3 is 2.50 bits per heavy atom. The predicted molar refractivity (Wildman–Crippen MR) is 82.7 cm³/mol.